The second-order valence-electron chi connectivity index (χ2n) is 7.77. The molecule has 5 nitrogen and oxygen atoms in total. The maximum Gasteiger partial charge on any atom is 0.223 e. The van der Waals surface area contributed by atoms with Crippen molar-refractivity contribution in [1.29, 1.82) is 0 Å². The second-order valence-corrected chi connectivity index (χ2v) is 7.77. The van der Waals surface area contributed by atoms with Crippen LogP contribution in [0.2, 0.25) is 0 Å². The first-order valence-electron chi connectivity index (χ1n) is 10.1. The zero-order chi connectivity index (χ0) is 20.4. The lowest BCUT2D eigenvalue weighted by molar-refractivity contribution is -0.127. The number of aryl methyl sites for hydroxylation is 2. The first kappa shape index (κ1) is 19.2. The van der Waals surface area contributed by atoms with Gasteiger partial charge in [-0.15, -0.1) is 6.58 Å². The number of imidazole rings is 1. The summed E-state index contributed by atoms with van der Waals surface area (Å²) in [6.45, 7) is 10.4. The molecule has 1 amide bonds. The highest BCUT2D eigenvalue weighted by atomic mass is 16.5. The summed E-state index contributed by atoms with van der Waals surface area (Å²) in [6, 6.07) is 14.4. The van der Waals surface area contributed by atoms with Gasteiger partial charge in [0.2, 0.25) is 5.91 Å². The Bertz CT molecular complexity index is 1030. The smallest absolute Gasteiger partial charge is 0.223 e. The van der Waals surface area contributed by atoms with Gasteiger partial charge in [-0.1, -0.05) is 24.3 Å². The molecule has 29 heavy (non-hydrogen) atoms. The second kappa shape index (κ2) is 8.11. The monoisotopic (exact) mass is 389 g/mol. The molecule has 1 atom stereocenters. The summed E-state index contributed by atoms with van der Waals surface area (Å²) < 4.78 is 8.26. The van der Waals surface area contributed by atoms with E-state index >= 15 is 0 Å². The van der Waals surface area contributed by atoms with Gasteiger partial charge in [0.15, 0.2) is 0 Å². The summed E-state index contributed by atoms with van der Waals surface area (Å²) in [5.74, 6) is 2.12. The van der Waals surface area contributed by atoms with Gasteiger partial charge in [-0.05, 0) is 49.2 Å². The van der Waals surface area contributed by atoms with Crippen LogP contribution < -0.4 is 4.74 Å². The molecule has 150 valence electrons. The van der Waals surface area contributed by atoms with E-state index in [0.29, 0.717) is 32.7 Å². The molecule has 2 heterocycles. The molecule has 4 rings (SSSR count). The minimum atomic E-state index is 0.0936. The molecule has 0 N–H and O–H groups in total. The SMILES string of the molecule is C=CCN1C[C@@H](c2nc3ccccc3n2CCOc2cc(C)cc(C)c2)CC1=O. The first-order valence-corrected chi connectivity index (χ1v) is 10.1. The van der Waals surface area contributed by atoms with Gasteiger partial charge in [0, 0.05) is 25.4 Å². The number of hydrogen-bond donors (Lipinski definition) is 0. The third kappa shape index (κ3) is 4.04. The van der Waals surface area contributed by atoms with Gasteiger partial charge in [0.1, 0.15) is 18.2 Å². The molecule has 1 aromatic heterocycles. The number of rotatable bonds is 7. The molecule has 1 saturated heterocycles. The van der Waals surface area contributed by atoms with E-state index in [1.807, 2.05) is 23.1 Å². The van der Waals surface area contributed by atoms with E-state index in [4.69, 9.17) is 9.72 Å². The van der Waals surface area contributed by atoms with E-state index in [1.165, 1.54) is 11.1 Å². The zero-order valence-corrected chi connectivity index (χ0v) is 17.1. The Kier molecular flexibility index (Phi) is 5.38. The predicted molar refractivity (Wildman–Crippen MR) is 115 cm³/mol. The molecule has 0 aliphatic carbocycles. The van der Waals surface area contributed by atoms with E-state index < -0.39 is 0 Å². The average Bonchev–Trinajstić information content (AvgIpc) is 3.22. The minimum absolute atomic E-state index is 0.0936. The molecular weight excluding hydrogens is 362 g/mol. The highest BCUT2D eigenvalue weighted by Crippen LogP contribution is 2.30. The topological polar surface area (TPSA) is 47.4 Å². The highest BCUT2D eigenvalue weighted by Gasteiger charge is 2.33. The molecule has 3 aromatic rings. The van der Waals surface area contributed by atoms with Crippen LogP contribution in [0.25, 0.3) is 11.0 Å². The standard InChI is InChI=1S/C24H27N3O2/c1-4-9-26-16-19(15-23(26)28)24-25-21-7-5-6-8-22(21)27(24)10-11-29-20-13-17(2)12-18(3)14-20/h4-8,12-14,19H,1,9-11,15-16H2,2-3H3/t19-/m0/s1. The van der Waals surface area contributed by atoms with Crippen molar-refractivity contribution in [2.75, 3.05) is 19.7 Å². The molecule has 0 saturated carbocycles. The van der Waals surface area contributed by atoms with E-state index in [-0.39, 0.29) is 11.8 Å². The lowest BCUT2D eigenvalue weighted by Crippen LogP contribution is -2.25. The highest BCUT2D eigenvalue weighted by molar-refractivity contribution is 5.81. The maximum atomic E-state index is 12.4. The summed E-state index contributed by atoms with van der Waals surface area (Å²) in [6.07, 6.45) is 2.27. The number of hydrogen-bond acceptors (Lipinski definition) is 3. The number of likely N-dealkylation sites (tertiary alicyclic amines) is 1. The van der Waals surface area contributed by atoms with Crippen LogP contribution in [-0.4, -0.2) is 40.1 Å². The van der Waals surface area contributed by atoms with Crippen molar-refractivity contribution in [3.8, 4) is 5.75 Å². The molecule has 1 fully saturated rings. The lowest BCUT2D eigenvalue weighted by atomic mass is 10.1. The van der Waals surface area contributed by atoms with Crippen LogP contribution in [0.1, 0.15) is 29.3 Å². The van der Waals surface area contributed by atoms with Gasteiger partial charge in [-0.3, -0.25) is 4.79 Å². The third-order valence-corrected chi connectivity index (χ3v) is 5.39. The van der Waals surface area contributed by atoms with Crippen LogP contribution >= 0.6 is 0 Å². The summed E-state index contributed by atoms with van der Waals surface area (Å²) >= 11 is 0. The fourth-order valence-corrected chi connectivity index (χ4v) is 4.19. The van der Waals surface area contributed by atoms with E-state index in [9.17, 15) is 4.79 Å². The van der Waals surface area contributed by atoms with Crippen LogP contribution in [-0.2, 0) is 11.3 Å². The van der Waals surface area contributed by atoms with E-state index in [0.717, 1.165) is 22.6 Å². The Labute approximate surface area is 171 Å². The summed E-state index contributed by atoms with van der Waals surface area (Å²) in [5, 5.41) is 0. The average molecular weight is 389 g/mol. The molecule has 5 heteroatoms. The number of carbonyl (C=O) groups excluding carboxylic acids is 1. The molecule has 1 aliphatic rings. The van der Waals surface area contributed by atoms with Crippen molar-refractivity contribution in [3.05, 3.63) is 72.1 Å². The Hall–Kier alpha value is -3.08. The molecule has 0 spiro atoms. The fourth-order valence-electron chi connectivity index (χ4n) is 4.19. The van der Waals surface area contributed by atoms with Crippen molar-refractivity contribution in [3.63, 3.8) is 0 Å². The molecule has 2 aromatic carbocycles. The maximum absolute atomic E-state index is 12.4. The largest absolute Gasteiger partial charge is 0.492 e. The number of nitrogens with zero attached hydrogens (tertiary/aromatic N) is 3. The Morgan fingerprint density at radius 3 is 2.72 bits per heavy atom. The van der Waals surface area contributed by atoms with Gasteiger partial charge in [0.05, 0.1) is 17.6 Å². The van der Waals surface area contributed by atoms with Crippen LogP contribution in [0.5, 0.6) is 5.75 Å². The van der Waals surface area contributed by atoms with Crippen LogP contribution in [0, 0.1) is 13.8 Å². The van der Waals surface area contributed by atoms with Crippen molar-refractivity contribution in [2.24, 2.45) is 0 Å². The number of amides is 1. The lowest BCUT2D eigenvalue weighted by Gasteiger charge is -2.16. The fraction of sp³-hybridized carbons (Fsp3) is 0.333. The molecule has 1 aliphatic heterocycles. The number of benzene rings is 2. The number of ether oxygens (including phenoxy) is 1. The molecular formula is C24H27N3O2. The van der Waals surface area contributed by atoms with E-state index in [1.54, 1.807) is 6.08 Å². The van der Waals surface area contributed by atoms with Gasteiger partial charge < -0.3 is 14.2 Å². The quantitative estimate of drug-likeness (QED) is 0.568. The van der Waals surface area contributed by atoms with Gasteiger partial charge >= 0.3 is 0 Å². The predicted octanol–water partition coefficient (Wildman–Crippen LogP) is 4.23. The first-order chi connectivity index (χ1) is 14.0. The normalized spacial score (nSPS) is 16.6. The van der Waals surface area contributed by atoms with Crippen molar-refractivity contribution in [1.82, 2.24) is 14.5 Å². The number of fused-ring (bicyclic) bond motifs is 1. The van der Waals surface area contributed by atoms with Crippen molar-refractivity contribution < 1.29 is 9.53 Å². The van der Waals surface area contributed by atoms with Gasteiger partial charge in [-0.25, -0.2) is 4.98 Å². The Morgan fingerprint density at radius 2 is 1.97 bits per heavy atom. The Balaban J connectivity index is 1.57. The van der Waals surface area contributed by atoms with Gasteiger partial charge in [-0.2, -0.15) is 0 Å². The molecule has 0 radical (unpaired) electrons. The van der Waals surface area contributed by atoms with E-state index in [2.05, 4.69) is 49.3 Å². The van der Waals surface area contributed by atoms with Crippen molar-refractivity contribution in [2.45, 2.75) is 32.7 Å². The summed E-state index contributed by atoms with van der Waals surface area (Å²) in [4.78, 5) is 19.1. The summed E-state index contributed by atoms with van der Waals surface area (Å²) in [5.41, 5.74) is 4.44. The molecule has 0 bridgehead atoms. The third-order valence-electron chi connectivity index (χ3n) is 5.39. The number of aromatic nitrogens is 2. The Morgan fingerprint density at radius 1 is 1.21 bits per heavy atom. The van der Waals surface area contributed by atoms with Gasteiger partial charge in [0.25, 0.3) is 0 Å². The van der Waals surface area contributed by atoms with Crippen molar-refractivity contribution >= 4 is 16.9 Å². The number of carbonyl (C=O) groups is 1. The van der Waals surface area contributed by atoms with Crippen LogP contribution in [0.3, 0.4) is 0 Å². The minimum Gasteiger partial charge on any atom is -0.492 e. The summed E-state index contributed by atoms with van der Waals surface area (Å²) in [7, 11) is 0. The number of para-hydroxylation sites is 2. The zero-order valence-electron chi connectivity index (χ0n) is 17.1. The van der Waals surface area contributed by atoms with Crippen LogP contribution in [0.4, 0.5) is 0 Å². The molecule has 0 unspecified atom stereocenters. The van der Waals surface area contributed by atoms with Crippen LogP contribution in [0.15, 0.2) is 55.1 Å².